The largest absolute Gasteiger partial charge is 0.472 e. The maximum Gasteiger partial charge on any atom is 0.472 e. The lowest BCUT2D eigenvalue weighted by Crippen LogP contribution is -2.64. The monoisotopic (exact) mass is 921 g/mol. The molecule has 14 heteroatoms. The summed E-state index contributed by atoms with van der Waals surface area (Å²) in [6.45, 7) is 3.33. The number of aliphatic hydroxyl groups excluding tert-OH is 5. The molecule has 0 heterocycles. The molecular formula is C49H93O13P. The first-order valence-corrected chi connectivity index (χ1v) is 27.0. The molecule has 0 aromatic rings. The third kappa shape index (κ3) is 32.0. The summed E-state index contributed by atoms with van der Waals surface area (Å²) in [7, 11) is -5.12. The van der Waals surface area contributed by atoms with E-state index in [-0.39, 0.29) is 12.8 Å². The van der Waals surface area contributed by atoms with Gasteiger partial charge >= 0.3 is 19.8 Å². The number of carbonyl (C=O) groups excluding carboxylic acids is 2. The van der Waals surface area contributed by atoms with Gasteiger partial charge in [0.1, 0.15) is 43.2 Å². The van der Waals surface area contributed by atoms with E-state index >= 15 is 0 Å². The van der Waals surface area contributed by atoms with Crippen molar-refractivity contribution in [2.75, 3.05) is 13.2 Å². The molecule has 6 N–H and O–H groups in total. The molecule has 63 heavy (non-hydrogen) atoms. The van der Waals surface area contributed by atoms with Crippen LogP contribution in [0.5, 0.6) is 0 Å². The second-order valence-corrected chi connectivity index (χ2v) is 19.4. The maximum absolute atomic E-state index is 12.8. The van der Waals surface area contributed by atoms with Crippen LogP contribution in [0.15, 0.2) is 12.2 Å². The molecule has 0 bridgehead atoms. The van der Waals surface area contributed by atoms with Crippen molar-refractivity contribution in [2.24, 2.45) is 0 Å². The SMILES string of the molecule is CCCCCCCC/C=C/CCCCCCCCCC(=O)O[C@@H](COC(=O)CCCCCCCCCCCCCCCCCCC)COP(=O)(O)OC1C(O)C(O)C(O)[C@H](O)C1O. The molecule has 1 fully saturated rings. The first-order chi connectivity index (χ1) is 30.4. The number of hydrogen-bond acceptors (Lipinski definition) is 12. The van der Waals surface area contributed by atoms with Crippen LogP contribution in [-0.2, 0) is 32.7 Å². The van der Waals surface area contributed by atoms with E-state index in [1.807, 2.05) is 0 Å². The zero-order valence-corrected chi connectivity index (χ0v) is 40.5. The number of phosphoric ester groups is 1. The lowest BCUT2D eigenvalue weighted by Gasteiger charge is -2.41. The lowest BCUT2D eigenvalue weighted by molar-refractivity contribution is -0.220. The van der Waals surface area contributed by atoms with E-state index in [0.717, 1.165) is 51.4 Å². The molecule has 1 aliphatic carbocycles. The van der Waals surface area contributed by atoms with Crippen molar-refractivity contribution in [3.8, 4) is 0 Å². The van der Waals surface area contributed by atoms with E-state index in [1.54, 1.807) is 0 Å². The number of hydrogen-bond donors (Lipinski definition) is 6. The molecule has 1 aliphatic rings. The third-order valence-electron chi connectivity index (χ3n) is 12.1. The molecule has 0 saturated heterocycles. The molecule has 0 amide bonds. The summed E-state index contributed by atoms with van der Waals surface area (Å²) >= 11 is 0. The van der Waals surface area contributed by atoms with Gasteiger partial charge in [0.05, 0.1) is 6.61 Å². The van der Waals surface area contributed by atoms with Gasteiger partial charge in [0.15, 0.2) is 6.10 Å². The lowest BCUT2D eigenvalue weighted by atomic mass is 9.85. The standard InChI is InChI=1S/C49H93O13P/c1-3-5-7-9-11-13-15-17-19-21-23-25-27-29-31-33-35-37-42(50)59-39-41(40-60-63(57,58)62-49-47(55)45(53)44(52)46(54)48(49)56)61-43(51)38-36-34-32-30-28-26-24-22-20-18-16-14-12-10-8-6-4-2/h18,20,41,44-49,52-56H,3-17,19,21-40H2,1-2H3,(H,57,58)/b20-18+/t41-,44?,45-,46?,47?,48?,49?/m0/s1. The summed E-state index contributed by atoms with van der Waals surface area (Å²) in [5.74, 6) is -1.09. The smallest absolute Gasteiger partial charge is 0.462 e. The van der Waals surface area contributed by atoms with E-state index in [9.17, 15) is 44.6 Å². The topological polar surface area (TPSA) is 210 Å². The highest BCUT2D eigenvalue weighted by Gasteiger charge is 2.51. The fourth-order valence-corrected chi connectivity index (χ4v) is 8.96. The Morgan fingerprint density at radius 1 is 0.476 bits per heavy atom. The average Bonchev–Trinajstić information content (AvgIpc) is 3.26. The normalized spacial score (nSPS) is 21.7. The van der Waals surface area contributed by atoms with Crippen molar-refractivity contribution >= 4 is 19.8 Å². The van der Waals surface area contributed by atoms with Gasteiger partial charge in [-0.15, -0.1) is 0 Å². The molecule has 0 spiro atoms. The summed E-state index contributed by atoms with van der Waals surface area (Å²) in [6.07, 6.45) is 29.7. The molecular weight excluding hydrogens is 828 g/mol. The van der Waals surface area contributed by atoms with Gasteiger partial charge in [-0.3, -0.25) is 18.6 Å². The van der Waals surface area contributed by atoms with Crippen molar-refractivity contribution in [2.45, 2.75) is 275 Å². The van der Waals surface area contributed by atoms with Gasteiger partial charge in [-0.05, 0) is 38.5 Å². The first-order valence-electron chi connectivity index (χ1n) is 25.5. The quantitative estimate of drug-likeness (QED) is 0.0146. The Balaban J connectivity index is 2.40. The molecule has 8 atom stereocenters. The van der Waals surface area contributed by atoms with E-state index in [2.05, 4.69) is 26.0 Å². The highest BCUT2D eigenvalue weighted by atomic mass is 31.2. The molecule has 0 aliphatic heterocycles. The zero-order valence-electron chi connectivity index (χ0n) is 39.6. The van der Waals surface area contributed by atoms with Gasteiger partial charge in [-0.1, -0.05) is 193 Å². The Labute approximate surface area is 382 Å². The molecule has 0 aromatic carbocycles. The Morgan fingerprint density at radius 2 is 0.810 bits per heavy atom. The van der Waals surface area contributed by atoms with Crippen LogP contribution in [0.3, 0.4) is 0 Å². The van der Waals surface area contributed by atoms with Crippen molar-refractivity contribution in [1.29, 1.82) is 0 Å². The summed E-state index contributed by atoms with van der Waals surface area (Å²) in [6, 6.07) is 0. The number of esters is 2. The minimum Gasteiger partial charge on any atom is -0.462 e. The molecule has 6 unspecified atom stereocenters. The van der Waals surface area contributed by atoms with E-state index < -0.39 is 75.7 Å². The average molecular weight is 921 g/mol. The van der Waals surface area contributed by atoms with E-state index in [4.69, 9.17) is 18.5 Å². The van der Waals surface area contributed by atoms with Crippen LogP contribution in [0.4, 0.5) is 0 Å². The van der Waals surface area contributed by atoms with E-state index in [0.29, 0.717) is 12.8 Å². The predicted molar refractivity (Wildman–Crippen MR) is 249 cm³/mol. The number of unbranched alkanes of at least 4 members (excludes halogenated alkanes) is 29. The number of allylic oxidation sites excluding steroid dienone is 2. The summed E-state index contributed by atoms with van der Waals surface area (Å²) in [4.78, 5) is 35.8. The molecule has 1 saturated carbocycles. The van der Waals surface area contributed by atoms with Crippen molar-refractivity contribution in [1.82, 2.24) is 0 Å². The number of carbonyl (C=O) groups is 2. The van der Waals surface area contributed by atoms with E-state index in [1.165, 1.54) is 141 Å². The highest BCUT2D eigenvalue weighted by Crippen LogP contribution is 2.47. The second kappa shape index (κ2) is 39.7. The Kier molecular flexibility index (Phi) is 37.6. The minimum absolute atomic E-state index is 0.0962. The molecule has 13 nitrogen and oxygen atoms in total. The fourth-order valence-electron chi connectivity index (χ4n) is 7.99. The number of phosphoric acid groups is 1. The van der Waals surface area contributed by atoms with Crippen LogP contribution >= 0.6 is 7.82 Å². The minimum atomic E-state index is -5.12. The van der Waals surface area contributed by atoms with Gasteiger partial charge in [-0.25, -0.2) is 4.57 Å². The molecule has 0 aromatic heterocycles. The van der Waals surface area contributed by atoms with Crippen molar-refractivity contribution in [3.05, 3.63) is 12.2 Å². The van der Waals surface area contributed by atoms with Gasteiger partial charge in [0.25, 0.3) is 0 Å². The van der Waals surface area contributed by atoms with Gasteiger partial charge in [-0.2, -0.15) is 0 Å². The second-order valence-electron chi connectivity index (χ2n) is 18.0. The van der Waals surface area contributed by atoms with Crippen LogP contribution in [-0.4, -0.2) is 98.3 Å². The molecule has 372 valence electrons. The van der Waals surface area contributed by atoms with Gasteiger partial charge in [0.2, 0.25) is 0 Å². The Hall–Kier alpha value is -1.41. The first kappa shape index (κ1) is 59.6. The predicted octanol–water partition coefficient (Wildman–Crippen LogP) is 10.6. The third-order valence-corrected chi connectivity index (χ3v) is 13.1. The van der Waals surface area contributed by atoms with Crippen LogP contribution in [0.25, 0.3) is 0 Å². The van der Waals surface area contributed by atoms with Gasteiger partial charge in [0, 0.05) is 12.8 Å². The number of rotatable bonds is 43. The summed E-state index contributed by atoms with van der Waals surface area (Å²) in [5, 5.41) is 50.2. The van der Waals surface area contributed by atoms with Crippen molar-refractivity contribution in [3.63, 3.8) is 0 Å². The summed E-state index contributed by atoms with van der Waals surface area (Å²) in [5.41, 5.74) is 0. The zero-order chi connectivity index (χ0) is 46.4. The van der Waals surface area contributed by atoms with Crippen LogP contribution in [0, 0.1) is 0 Å². The van der Waals surface area contributed by atoms with Crippen LogP contribution in [0.2, 0.25) is 0 Å². The van der Waals surface area contributed by atoms with Crippen LogP contribution in [0.1, 0.15) is 232 Å². The van der Waals surface area contributed by atoms with Crippen molar-refractivity contribution < 1.29 is 63.1 Å². The maximum atomic E-state index is 12.8. The number of ether oxygens (including phenoxy) is 2. The highest BCUT2D eigenvalue weighted by molar-refractivity contribution is 7.47. The Bertz CT molecular complexity index is 1160. The molecule has 1 rings (SSSR count). The molecule has 0 radical (unpaired) electrons. The Morgan fingerprint density at radius 3 is 1.21 bits per heavy atom. The van der Waals surface area contributed by atoms with Crippen LogP contribution < -0.4 is 0 Å². The number of aliphatic hydroxyl groups is 5. The van der Waals surface area contributed by atoms with Gasteiger partial charge < -0.3 is 39.9 Å². The summed E-state index contributed by atoms with van der Waals surface area (Å²) < 4.78 is 33.6. The fraction of sp³-hybridized carbons (Fsp3) is 0.918.